The molecule has 6 heteroatoms. The van der Waals surface area contributed by atoms with Crippen molar-refractivity contribution in [2.45, 2.75) is 0 Å². The molecule has 0 saturated carbocycles. The number of rotatable bonds is 5. The lowest BCUT2D eigenvalue weighted by molar-refractivity contribution is 0.0951. The second-order valence-electron chi connectivity index (χ2n) is 5.11. The zero-order chi connectivity index (χ0) is 16.9. The number of hydrogen-bond acceptors (Lipinski definition) is 4. The lowest BCUT2D eigenvalue weighted by Gasteiger charge is -1.99. The van der Waals surface area contributed by atoms with Crippen LogP contribution in [0.4, 0.5) is 0 Å². The Morgan fingerprint density at radius 2 is 1.75 bits per heavy atom. The molecule has 1 amide bonds. The highest BCUT2D eigenvalue weighted by Crippen LogP contribution is 2.21. The summed E-state index contributed by atoms with van der Waals surface area (Å²) in [5.41, 5.74) is 4.63. The Balaban J connectivity index is 1.68. The van der Waals surface area contributed by atoms with Gasteiger partial charge in [0.2, 0.25) is 0 Å². The maximum Gasteiger partial charge on any atom is 0.287 e. The number of amides is 1. The van der Waals surface area contributed by atoms with E-state index in [1.807, 2.05) is 42.5 Å². The van der Waals surface area contributed by atoms with Gasteiger partial charge in [0.25, 0.3) is 5.91 Å². The van der Waals surface area contributed by atoms with Gasteiger partial charge in [-0.25, -0.2) is 5.43 Å². The number of hydrogen-bond donors (Lipinski definition) is 2. The van der Waals surface area contributed by atoms with E-state index in [2.05, 4.69) is 15.5 Å². The lowest BCUT2D eigenvalue weighted by Crippen LogP contribution is -2.17. The standard InChI is InChI=1S/C18H17N3O3/c1-23-14-6-3-12(4-7-14)11-19-21-18(22)17-9-13-5-8-15(24-2)10-16(13)20-17/h3-11,20H,1-2H3,(H,21,22)/b19-11+. The minimum atomic E-state index is -0.310. The Labute approximate surface area is 139 Å². The summed E-state index contributed by atoms with van der Waals surface area (Å²) in [5.74, 6) is 1.19. The summed E-state index contributed by atoms with van der Waals surface area (Å²) < 4.78 is 10.3. The van der Waals surface area contributed by atoms with Crippen molar-refractivity contribution in [1.82, 2.24) is 10.4 Å². The molecule has 122 valence electrons. The molecule has 0 saturated heterocycles. The van der Waals surface area contributed by atoms with Crippen LogP contribution in [0.3, 0.4) is 0 Å². The maximum absolute atomic E-state index is 12.2. The number of fused-ring (bicyclic) bond motifs is 1. The van der Waals surface area contributed by atoms with Crippen molar-refractivity contribution < 1.29 is 14.3 Å². The fraction of sp³-hybridized carbons (Fsp3) is 0.111. The Morgan fingerprint density at radius 3 is 2.46 bits per heavy atom. The van der Waals surface area contributed by atoms with E-state index in [9.17, 15) is 4.79 Å². The van der Waals surface area contributed by atoms with Crippen LogP contribution in [0.5, 0.6) is 11.5 Å². The quantitative estimate of drug-likeness (QED) is 0.560. The number of benzene rings is 2. The number of hydrazone groups is 1. The molecule has 2 N–H and O–H groups in total. The van der Waals surface area contributed by atoms with Crippen molar-refractivity contribution in [2.24, 2.45) is 5.10 Å². The molecule has 3 aromatic rings. The van der Waals surface area contributed by atoms with Gasteiger partial charge in [0.15, 0.2) is 0 Å². The number of H-pyrrole nitrogens is 1. The van der Waals surface area contributed by atoms with E-state index in [4.69, 9.17) is 9.47 Å². The Kier molecular flexibility index (Phi) is 4.47. The van der Waals surface area contributed by atoms with Crippen LogP contribution in [0.25, 0.3) is 10.9 Å². The van der Waals surface area contributed by atoms with Crippen molar-refractivity contribution in [3.8, 4) is 11.5 Å². The van der Waals surface area contributed by atoms with Crippen LogP contribution < -0.4 is 14.9 Å². The lowest BCUT2D eigenvalue weighted by atomic mass is 10.2. The minimum Gasteiger partial charge on any atom is -0.497 e. The van der Waals surface area contributed by atoms with Gasteiger partial charge < -0.3 is 14.5 Å². The predicted octanol–water partition coefficient (Wildman–Crippen LogP) is 2.95. The molecule has 0 aliphatic heterocycles. The number of ether oxygens (including phenoxy) is 2. The van der Waals surface area contributed by atoms with E-state index in [1.165, 1.54) is 0 Å². The van der Waals surface area contributed by atoms with Gasteiger partial charge in [0.05, 0.1) is 20.4 Å². The zero-order valence-corrected chi connectivity index (χ0v) is 13.4. The van der Waals surface area contributed by atoms with E-state index in [0.717, 1.165) is 28.0 Å². The summed E-state index contributed by atoms with van der Waals surface area (Å²) in [6.07, 6.45) is 1.57. The molecule has 0 unspecified atom stereocenters. The van der Waals surface area contributed by atoms with Gasteiger partial charge >= 0.3 is 0 Å². The van der Waals surface area contributed by atoms with E-state index >= 15 is 0 Å². The fourth-order valence-corrected chi connectivity index (χ4v) is 2.27. The van der Waals surface area contributed by atoms with Gasteiger partial charge in [-0.3, -0.25) is 4.79 Å². The molecule has 1 heterocycles. The first-order chi connectivity index (χ1) is 11.7. The van der Waals surface area contributed by atoms with Gasteiger partial charge in [0.1, 0.15) is 17.2 Å². The predicted molar refractivity (Wildman–Crippen MR) is 92.9 cm³/mol. The number of methoxy groups -OCH3 is 2. The maximum atomic E-state index is 12.2. The summed E-state index contributed by atoms with van der Waals surface area (Å²) in [6.45, 7) is 0. The van der Waals surface area contributed by atoms with Crippen LogP contribution in [0.15, 0.2) is 53.6 Å². The molecule has 0 aliphatic rings. The summed E-state index contributed by atoms with van der Waals surface area (Å²) in [7, 11) is 3.21. The second kappa shape index (κ2) is 6.87. The third-order valence-electron chi connectivity index (χ3n) is 3.57. The SMILES string of the molecule is COc1ccc(/C=N/NC(=O)c2cc3ccc(OC)cc3[nH]2)cc1. The van der Waals surface area contributed by atoms with Gasteiger partial charge in [-0.15, -0.1) is 0 Å². The molecule has 1 aromatic heterocycles. The van der Waals surface area contributed by atoms with E-state index < -0.39 is 0 Å². The Hall–Kier alpha value is -3.28. The Bertz CT molecular complexity index is 882. The smallest absolute Gasteiger partial charge is 0.287 e. The number of nitrogens with zero attached hydrogens (tertiary/aromatic N) is 1. The monoisotopic (exact) mass is 323 g/mol. The highest BCUT2D eigenvalue weighted by atomic mass is 16.5. The molecule has 2 aromatic carbocycles. The van der Waals surface area contributed by atoms with E-state index in [-0.39, 0.29) is 5.91 Å². The number of carbonyl (C=O) groups excluding carboxylic acids is 1. The van der Waals surface area contributed by atoms with Crippen molar-refractivity contribution in [3.05, 3.63) is 59.8 Å². The van der Waals surface area contributed by atoms with Gasteiger partial charge in [-0.2, -0.15) is 5.10 Å². The first-order valence-electron chi connectivity index (χ1n) is 7.34. The first kappa shape index (κ1) is 15.6. The highest BCUT2D eigenvalue weighted by molar-refractivity contribution is 5.98. The summed E-state index contributed by atoms with van der Waals surface area (Å²) in [4.78, 5) is 15.2. The van der Waals surface area contributed by atoms with Crippen molar-refractivity contribution in [1.29, 1.82) is 0 Å². The average Bonchev–Trinajstić information content (AvgIpc) is 3.05. The third-order valence-corrected chi connectivity index (χ3v) is 3.57. The number of aromatic amines is 1. The Morgan fingerprint density at radius 1 is 1.04 bits per heavy atom. The highest BCUT2D eigenvalue weighted by Gasteiger charge is 2.09. The molecule has 0 spiro atoms. The van der Waals surface area contributed by atoms with Crippen molar-refractivity contribution in [3.63, 3.8) is 0 Å². The zero-order valence-electron chi connectivity index (χ0n) is 13.4. The minimum absolute atomic E-state index is 0.310. The third kappa shape index (κ3) is 3.38. The molecular weight excluding hydrogens is 306 g/mol. The van der Waals surface area contributed by atoms with E-state index in [1.54, 1.807) is 26.5 Å². The topological polar surface area (TPSA) is 75.7 Å². The molecule has 3 rings (SSSR count). The number of carbonyl (C=O) groups is 1. The second-order valence-corrected chi connectivity index (χ2v) is 5.11. The van der Waals surface area contributed by atoms with Crippen LogP contribution >= 0.6 is 0 Å². The number of nitrogens with one attached hydrogen (secondary N) is 2. The molecular formula is C18H17N3O3. The summed E-state index contributed by atoms with van der Waals surface area (Å²) in [5, 5.41) is 4.90. The largest absolute Gasteiger partial charge is 0.497 e. The normalized spacial score (nSPS) is 10.9. The molecule has 0 fully saturated rings. The van der Waals surface area contributed by atoms with Crippen LogP contribution in [0.1, 0.15) is 16.1 Å². The van der Waals surface area contributed by atoms with Crippen molar-refractivity contribution >= 4 is 23.0 Å². The van der Waals surface area contributed by atoms with Crippen LogP contribution in [0, 0.1) is 0 Å². The molecule has 0 bridgehead atoms. The number of aromatic nitrogens is 1. The van der Waals surface area contributed by atoms with E-state index in [0.29, 0.717) is 5.69 Å². The average molecular weight is 323 g/mol. The fourth-order valence-electron chi connectivity index (χ4n) is 2.27. The molecule has 0 radical (unpaired) electrons. The molecule has 6 nitrogen and oxygen atoms in total. The van der Waals surface area contributed by atoms with Crippen LogP contribution in [0.2, 0.25) is 0 Å². The van der Waals surface area contributed by atoms with Crippen molar-refractivity contribution in [2.75, 3.05) is 14.2 Å². The summed E-state index contributed by atoms with van der Waals surface area (Å²) in [6, 6.07) is 14.7. The van der Waals surface area contributed by atoms with Gasteiger partial charge in [-0.1, -0.05) is 0 Å². The van der Waals surface area contributed by atoms with Crippen LogP contribution in [-0.2, 0) is 0 Å². The van der Waals surface area contributed by atoms with Gasteiger partial charge in [-0.05, 0) is 48.0 Å². The van der Waals surface area contributed by atoms with Gasteiger partial charge in [0, 0.05) is 17.0 Å². The molecule has 0 atom stereocenters. The summed E-state index contributed by atoms with van der Waals surface area (Å²) >= 11 is 0. The molecule has 0 aliphatic carbocycles. The molecule has 24 heavy (non-hydrogen) atoms. The van der Waals surface area contributed by atoms with Crippen LogP contribution in [-0.4, -0.2) is 31.3 Å². The first-order valence-corrected chi connectivity index (χ1v) is 7.34.